The topological polar surface area (TPSA) is 55.1 Å². The number of carbonyl (C=O) groups is 1. The fourth-order valence-corrected chi connectivity index (χ4v) is 3.74. The molecule has 114 valence electrons. The number of carbonyl (C=O) groups excluding carboxylic acids is 1. The molecule has 2 aliphatic carbocycles. The molecule has 2 saturated carbocycles. The molecule has 0 bridgehead atoms. The summed E-state index contributed by atoms with van der Waals surface area (Å²) in [5.74, 6) is 0.728. The van der Waals surface area contributed by atoms with Gasteiger partial charge in [0.2, 0.25) is 5.91 Å². The van der Waals surface area contributed by atoms with Gasteiger partial charge in [-0.3, -0.25) is 4.79 Å². The van der Waals surface area contributed by atoms with Crippen molar-refractivity contribution in [3.63, 3.8) is 0 Å². The molecule has 0 spiro atoms. The van der Waals surface area contributed by atoms with Crippen molar-refractivity contribution in [1.29, 1.82) is 0 Å². The van der Waals surface area contributed by atoms with Crippen LogP contribution < -0.4 is 11.1 Å². The molecule has 0 aliphatic heterocycles. The van der Waals surface area contributed by atoms with Crippen molar-refractivity contribution >= 4 is 5.91 Å². The molecule has 1 amide bonds. The van der Waals surface area contributed by atoms with Crippen LogP contribution in [0.15, 0.2) is 24.3 Å². The van der Waals surface area contributed by atoms with E-state index in [1.807, 2.05) is 0 Å². The molecular formula is C18H26N2O. The number of hydrogen-bond donors (Lipinski definition) is 2. The highest BCUT2D eigenvalue weighted by Crippen LogP contribution is 2.38. The average molecular weight is 286 g/mol. The van der Waals surface area contributed by atoms with E-state index in [1.165, 1.54) is 24.0 Å². The third kappa shape index (κ3) is 3.46. The second-order valence-electron chi connectivity index (χ2n) is 6.89. The van der Waals surface area contributed by atoms with Crippen LogP contribution in [-0.2, 0) is 4.79 Å². The highest BCUT2D eigenvalue weighted by molar-refractivity contribution is 5.76. The molecule has 21 heavy (non-hydrogen) atoms. The van der Waals surface area contributed by atoms with Gasteiger partial charge in [-0.25, -0.2) is 0 Å². The smallest absolute Gasteiger partial charge is 0.220 e. The molecule has 0 aromatic heterocycles. The van der Waals surface area contributed by atoms with Gasteiger partial charge in [0.05, 0.1) is 0 Å². The maximum atomic E-state index is 11.2. The average Bonchev–Trinajstić information content (AvgIpc) is 2.44. The van der Waals surface area contributed by atoms with E-state index in [9.17, 15) is 4.79 Å². The second-order valence-corrected chi connectivity index (χ2v) is 6.89. The number of rotatable bonds is 4. The first-order chi connectivity index (χ1) is 10.1. The van der Waals surface area contributed by atoms with Gasteiger partial charge in [-0.15, -0.1) is 0 Å². The minimum Gasteiger partial charge on any atom is -0.369 e. The number of primary amides is 1. The lowest BCUT2D eigenvalue weighted by atomic mass is 9.74. The van der Waals surface area contributed by atoms with Crippen LogP contribution in [0.3, 0.4) is 0 Å². The fourth-order valence-electron chi connectivity index (χ4n) is 3.74. The van der Waals surface area contributed by atoms with E-state index < -0.39 is 0 Å². The van der Waals surface area contributed by atoms with Crippen molar-refractivity contribution in [2.75, 3.05) is 0 Å². The molecule has 0 unspecified atom stereocenters. The van der Waals surface area contributed by atoms with E-state index in [4.69, 9.17) is 5.73 Å². The summed E-state index contributed by atoms with van der Waals surface area (Å²) < 4.78 is 0. The van der Waals surface area contributed by atoms with Crippen molar-refractivity contribution in [3.8, 4) is 0 Å². The molecule has 0 heterocycles. The summed E-state index contributed by atoms with van der Waals surface area (Å²) in [6.07, 6.45) is 6.61. The van der Waals surface area contributed by atoms with Crippen LogP contribution >= 0.6 is 0 Å². The van der Waals surface area contributed by atoms with Crippen LogP contribution in [-0.4, -0.2) is 18.0 Å². The van der Waals surface area contributed by atoms with Gasteiger partial charge in [0.1, 0.15) is 0 Å². The highest BCUT2D eigenvalue weighted by atomic mass is 16.1. The maximum absolute atomic E-state index is 11.2. The summed E-state index contributed by atoms with van der Waals surface area (Å²) in [7, 11) is 0. The van der Waals surface area contributed by atoms with Gasteiger partial charge in [-0.1, -0.05) is 29.8 Å². The van der Waals surface area contributed by atoms with E-state index in [0.717, 1.165) is 31.6 Å². The van der Waals surface area contributed by atoms with E-state index in [2.05, 4.69) is 36.5 Å². The summed E-state index contributed by atoms with van der Waals surface area (Å²) >= 11 is 0. The Morgan fingerprint density at radius 1 is 1.05 bits per heavy atom. The molecule has 3 nitrogen and oxygen atoms in total. The van der Waals surface area contributed by atoms with Crippen LogP contribution in [0, 0.1) is 12.8 Å². The Bertz CT molecular complexity index is 482. The lowest BCUT2D eigenvalue weighted by Gasteiger charge is -2.40. The summed E-state index contributed by atoms with van der Waals surface area (Å²) in [6, 6.07) is 10.2. The standard InChI is InChI=1S/C18H26N2O/c1-12-2-4-13(5-3-12)15-10-17(11-15)20-16-8-6-14(7-9-16)18(19)21/h2-5,14-17,20H,6-11H2,1H3,(H2,19,21). The van der Waals surface area contributed by atoms with Crippen LogP contribution in [0.1, 0.15) is 55.6 Å². The predicted molar refractivity (Wildman–Crippen MR) is 85.0 cm³/mol. The molecule has 3 heteroatoms. The monoisotopic (exact) mass is 286 g/mol. The number of benzene rings is 1. The highest BCUT2D eigenvalue weighted by Gasteiger charge is 2.33. The Morgan fingerprint density at radius 2 is 1.67 bits per heavy atom. The zero-order valence-corrected chi connectivity index (χ0v) is 12.8. The van der Waals surface area contributed by atoms with Crippen LogP contribution in [0.5, 0.6) is 0 Å². The molecule has 1 aromatic carbocycles. The predicted octanol–water partition coefficient (Wildman–Crippen LogP) is 2.87. The summed E-state index contributed by atoms with van der Waals surface area (Å²) in [5.41, 5.74) is 8.20. The lowest BCUT2D eigenvalue weighted by molar-refractivity contribution is -0.122. The van der Waals surface area contributed by atoms with Crippen molar-refractivity contribution in [1.82, 2.24) is 5.32 Å². The molecule has 2 aliphatic rings. The van der Waals surface area contributed by atoms with E-state index in [-0.39, 0.29) is 11.8 Å². The Morgan fingerprint density at radius 3 is 2.24 bits per heavy atom. The minimum atomic E-state index is -0.114. The van der Waals surface area contributed by atoms with Gasteiger partial charge in [0.15, 0.2) is 0 Å². The van der Waals surface area contributed by atoms with E-state index in [0.29, 0.717) is 12.1 Å². The molecule has 3 N–H and O–H groups in total. The first-order valence-corrected chi connectivity index (χ1v) is 8.23. The number of nitrogens with two attached hydrogens (primary N) is 1. The summed E-state index contributed by atoms with van der Waals surface area (Å²) in [6.45, 7) is 2.14. The van der Waals surface area contributed by atoms with Crippen LogP contribution in [0.2, 0.25) is 0 Å². The van der Waals surface area contributed by atoms with Crippen molar-refractivity contribution in [3.05, 3.63) is 35.4 Å². The molecule has 0 radical (unpaired) electrons. The summed E-state index contributed by atoms with van der Waals surface area (Å²) in [4.78, 5) is 11.2. The zero-order valence-electron chi connectivity index (χ0n) is 12.8. The number of aryl methyl sites for hydroxylation is 1. The third-order valence-electron chi connectivity index (χ3n) is 5.29. The Hall–Kier alpha value is -1.35. The molecule has 0 saturated heterocycles. The summed E-state index contributed by atoms with van der Waals surface area (Å²) in [5, 5.41) is 3.77. The van der Waals surface area contributed by atoms with Crippen molar-refractivity contribution < 1.29 is 4.79 Å². The molecule has 1 aromatic rings. The SMILES string of the molecule is Cc1ccc(C2CC(NC3CCC(C(N)=O)CC3)C2)cc1. The number of nitrogens with one attached hydrogen (secondary N) is 1. The quantitative estimate of drug-likeness (QED) is 0.894. The Labute approximate surface area is 127 Å². The maximum Gasteiger partial charge on any atom is 0.220 e. The second kappa shape index (κ2) is 6.18. The van der Waals surface area contributed by atoms with Gasteiger partial charge in [-0.05, 0) is 56.9 Å². The van der Waals surface area contributed by atoms with E-state index in [1.54, 1.807) is 0 Å². The number of amides is 1. The lowest BCUT2D eigenvalue weighted by Crippen LogP contribution is -2.47. The zero-order chi connectivity index (χ0) is 14.8. The third-order valence-corrected chi connectivity index (χ3v) is 5.29. The van der Waals surface area contributed by atoms with Gasteiger partial charge in [0, 0.05) is 18.0 Å². The number of hydrogen-bond acceptors (Lipinski definition) is 2. The Balaban J connectivity index is 1.41. The van der Waals surface area contributed by atoms with Gasteiger partial charge >= 0.3 is 0 Å². The van der Waals surface area contributed by atoms with Gasteiger partial charge < -0.3 is 11.1 Å². The Kier molecular flexibility index (Phi) is 4.29. The van der Waals surface area contributed by atoms with Gasteiger partial charge in [-0.2, -0.15) is 0 Å². The first kappa shape index (κ1) is 14.6. The van der Waals surface area contributed by atoms with Crippen LogP contribution in [0.25, 0.3) is 0 Å². The first-order valence-electron chi connectivity index (χ1n) is 8.23. The molecular weight excluding hydrogens is 260 g/mol. The van der Waals surface area contributed by atoms with Gasteiger partial charge in [0.25, 0.3) is 0 Å². The van der Waals surface area contributed by atoms with E-state index >= 15 is 0 Å². The molecule has 2 fully saturated rings. The normalized spacial score (nSPS) is 32.4. The molecule has 3 rings (SSSR count). The van der Waals surface area contributed by atoms with Crippen LogP contribution in [0.4, 0.5) is 0 Å². The van der Waals surface area contributed by atoms with Crippen molar-refractivity contribution in [2.45, 2.75) is 63.5 Å². The minimum absolute atomic E-state index is 0.114. The largest absolute Gasteiger partial charge is 0.369 e. The molecule has 0 atom stereocenters. The fraction of sp³-hybridized carbons (Fsp3) is 0.611. The van der Waals surface area contributed by atoms with Crippen molar-refractivity contribution in [2.24, 2.45) is 11.7 Å².